The molecule has 0 heterocycles. The van der Waals surface area contributed by atoms with Gasteiger partial charge in [0.1, 0.15) is 6.54 Å². The van der Waals surface area contributed by atoms with Crippen LogP contribution in [0.15, 0.2) is 29.3 Å². The Balaban J connectivity index is 0.00000676. The van der Waals surface area contributed by atoms with E-state index in [1.54, 1.807) is 14.1 Å². The summed E-state index contributed by atoms with van der Waals surface area (Å²) in [7, 11) is 3.46. The minimum absolute atomic E-state index is 0. The highest BCUT2D eigenvalue weighted by atomic mass is 127. The summed E-state index contributed by atoms with van der Waals surface area (Å²) in [4.78, 5) is 20.1. The van der Waals surface area contributed by atoms with Crippen molar-refractivity contribution < 1.29 is 4.79 Å². The molecule has 1 aromatic carbocycles. The molecule has 1 unspecified atom stereocenters. The molecule has 0 aliphatic rings. The molecule has 0 saturated carbocycles. The smallest absolute Gasteiger partial charge is 0.243 e. The number of nitrogens with one attached hydrogen (secondary N) is 2. The van der Waals surface area contributed by atoms with Crippen molar-refractivity contribution in [2.24, 2.45) is 4.99 Å². The molecule has 1 aromatic rings. The van der Waals surface area contributed by atoms with Gasteiger partial charge in [-0.3, -0.25) is 9.69 Å². The number of hydrogen-bond acceptors (Lipinski definition) is 3. The summed E-state index contributed by atoms with van der Waals surface area (Å²) in [5, 5.41) is 7.31. The summed E-state index contributed by atoms with van der Waals surface area (Å²) in [6.45, 7) is 9.61. The van der Waals surface area contributed by atoms with E-state index < -0.39 is 0 Å². The van der Waals surface area contributed by atoms with Crippen LogP contribution in [0.2, 0.25) is 5.02 Å². The number of aliphatic imine (C=N–C) groups is 1. The van der Waals surface area contributed by atoms with Crippen molar-refractivity contribution in [1.82, 2.24) is 20.4 Å². The Kier molecular flexibility index (Phi) is 13.5. The maximum Gasteiger partial charge on any atom is 0.243 e. The molecule has 154 valence electrons. The topological polar surface area (TPSA) is 60.0 Å². The average molecular weight is 510 g/mol. The zero-order chi connectivity index (χ0) is 19.5. The van der Waals surface area contributed by atoms with Crippen LogP contribution in [0.4, 0.5) is 0 Å². The third-order valence-corrected chi connectivity index (χ3v) is 4.54. The van der Waals surface area contributed by atoms with Crippen molar-refractivity contribution in [2.45, 2.75) is 26.8 Å². The lowest BCUT2D eigenvalue weighted by Crippen LogP contribution is -2.43. The summed E-state index contributed by atoms with van der Waals surface area (Å²) < 4.78 is 0. The monoisotopic (exact) mass is 509 g/mol. The molecule has 8 heteroatoms. The highest BCUT2D eigenvalue weighted by Crippen LogP contribution is 2.26. The fourth-order valence-electron chi connectivity index (χ4n) is 2.67. The van der Waals surface area contributed by atoms with Crippen LogP contribution in [0.25, 0.3) is 0 Å². The third-order valence-electron chi connectivity index (χ3n) is 4.20. The zero-order valence-corrected chi connectivity index (χ0v) is 20.0. The second-order valence-electron chi connectivity index (χ2n) is 6.12. The van der Waals surface area contributed by atoms with Crippen molar-refractivity contribution in [3.63, 3.8) is 0 Å². The van der Waals surface area contributed by atoms with E-state index in [1.165, 1.54) is 4.90 Å². The quantitative estimate of drug-likeness (QED) is 0.305. The molecular weight excluding hydrogens is 477 g/mol. The first-order valence-corrected chi connectivity index (χ1v) is 9.53. The Morgan fingerprint density at radius 1 is 1.15 bits per heavy atom. The molecule has 0 aliphatic carbocycles. The number of carbonyl (C=O) groups excluding carboxylic acids is 1. The molecule has 0 radical (unpaired) electrons. The lowest BCUT2D eigenvalue weighted by atomic mass is 10.0. The first-order valence-electron chi connectivity index (χ1n) is 9.15. The first kappa shape index (κ1) is 25.9. The fraction of sp³-hybridized carbons (Fsp3) is 0.579. The summed E-state index contributed by atoms with van der Waals surface area (Å²) in [5.41, 5.74) is 1.09. The number of guanidine groups is 1. The van der Waals surface area contributed by atoms with Gasteiger partial charge in [0.25, 0.3) is 0 Å². The van der Waals surface area contributed by atoms with Crippen LogP contribution in [-0.2, 0) is 4.79 Å². The number of likely N-dealkylation sites (N-methyl/N-ethyl adjacent to an activating group) is 2. The number of carbonyl (C=O) groups is 1. The summed E-state index contributed by atoms with van der Waals surface area (Å²) in [6, 6.07) is 8.05. The number of halogens is 2. The molecular formula is C19H33ClIN5O. The molecule has 0 bridgehead atoms. The molecule has 6 nitrogen and oxygen atoms in total. The Hall–Kier alpha value is -1.06. The van der Waals surface area contributed by atoms with Gasteiger partial charge < -0.3 is 15.5 Å². The lowest BCUT2D eigenvalue weighted by Gasteiger charge is -2.31. The zero-order valence-electron chi connectivity index (χ0n) is 17.0. The highest BCUT2D eigenvalue weighted by Gasteiger charge is 2.20. The predicted octanol–water partition coefficient (Wildman–Crippen LogP) is 2.98. The normalized spacial score (nSPS) is 12.3. The lowest BCUT2D eigenvalue weighted by molar-refractivity contribution is -0.127. The Bertz CT molecular complexity index is 593. The van der Waals surface area contributed by atoms with Crippen LogP contribution in [-0.4, -0.2) is 68.5 Å². The molecule has 0 fully saturated rings. The average Bonchev–Trinajstić information content (AvgIpc) is 2.63. The number of rotatable bonds is 9. The molecule has 0 saturated heterocycles. The first-order chi connectivity index (χ1) is 12.4. The predicted molar refractivity (Wildman–Crippen MR) is 125 cm³/mol. The number of hydrogen-bond donors (Lipinski definition) is 2. The second-order valence-corrected chi connectivity index (χ2v) is 6.53. The van der Waals surface area contributed by atoms with Gasteiger partial charge in [-0.25, -0.2) is 4.99 Å². The van der Waals surface area contributed by atoms with Crippen LogP contribution in [0, 0.1) is 0 Å². The highest BCUT2D eigenvalue weighted by molar-refractivity contribution is 14.0. The summed E-state index contributed by atoms with van der Waals surface area (Å²) in [6.07, 6.45) is 0. The number of benzene rings is 1. The maximum absolute atomic E-state index is 11.8. The van der Waals surface area contributed by atoms with Gasteiger partial charge in [0.15, 0.2) is 5.96 Å². The van der Waals surface area contributed by atoms with Gasteiger partial charge in [0.2, 0.25) is 5.91 Å². The summed E-state index contributed by atoms with van der Waals surface area (Å²) >= 11 is 6.44. The standard InChI is InChI=1S/C19H32ClN5O.HI/c1-6-21-19(23-14-18(26)24(4)5)22-13-17(25(7-2)8-3)15-11-9-10-12-16(15)20;/h9-12,17H,6-8,13-14H2,1-5H3,(H2,21,22,23);1H. The van der Waals surface area contributed by atoms with Crippen molar-refractivity contribution in [1.29, 1.82) is 0 Å². The summed E-state index contributed by atoms with van der Waals surface area (Å²) in [5.74, 6) is 0.598. The van der Waals surface area contributed by atoms with Gasteiger partial charge >= 0.3 is 0 Å². The number of nitrogens with zero attached hydrogens (tertiary/aromatic N) is 3. The maximum atomic E-state index is 11.8. The SMILES string of the molecule is CCNC(=NCC(=O)N(C)C)NCC(c1ccccc1Cl)N(CC)CC.I. The second kappa shape index (κ2) is 14.0. The molecule has 0 spiro atoms. The minimum atomic E-state index is -0.0337. The van der Waals surface area contributed by atoms with Gasteiger partial charge in [-0.2, -0.15) is 0 Å². The van der Waals surface area contributed by atoms with E-state index >= 15 is 0 Å². The van der Waals surface area contributed by atoms with E-state index in [0.717, 1.165) is 30.2 Å². The van der Waals surface area contributed by atoms with Crippen LogP contribution in [0.1, 0.15) is 32.4 Å². The van der Waals surface area contributed by atoms with E-state index in [1.807, 2.05) is 25.1 Å². The van der Waals surface area contributed by atoms with Gasteiger partial charge in [-0.05, 0) is 31.6 Å². The van der Waals surface area contributed by atoms with E-state index in [2.05, 4.69) is 40.4 Å². The molecule has 1 rings (SSSR count). The van der Waals surface area contributed by atoms with Crippen LogP contribution in [0.3, 0.4) is 0 Å². The van der Waals surface area contributed by atoms with Crippen molar-refractivity contribution >= 4 is 47.4 Å². The molecule has 1 atom stereocenters. The molecule has 0 aromatic heterocycles. The largest absolute Gasteiger partial charge is 0.357 e. The van der Waals surface area contributed by atoms with Crippen LogP contribution >= 0.6 is 35.6 Å². The third kappa shape index (κ3) is 8.66. The van der Waals surface area contributed by atoms with Gasteiger partial charge in [0.05, 0.1) is 6.04 Å². The molecule has 1 amide bonds. The van der Waals surface area contributed by atoms with Crippen molar-refractivity contribution in [2.75, 3.05) is 46.8 Å². The Labute approximate surface area is 185 Å². The Morgan fingerprint density at radius 2 is 1.78 bits per heavy atom. The van der Waals surface area contributed by atoms with Crippen LogP contribution < -0.4 is 10.6 Å². The van der Waals surface area contributed by atoms with E-state index in [0.29, 0.717) is 12.5 Å². The number of amides is 1. The van der Waals surface area contributed by atoms with Crippen LogP contribution in [0.5, 0.6) is 0 Å². The van der Waals surface area contributed by atoms with Gasteiger partial charge in [0, 0.05) is 32.2 Å². The Morgan fingerprint density at radius 3 is 2.30 bits per heavy atom. The molecule has 27 heavy (non-hydrogen) atoms. The minimum Gasteiger partial charge on any atom is -0.357 e. The van der Waals surface area contributed by atoms with E-state index in [-0.39, 0.29) is 42.5 Å². The van der Waals surface area contributed by atoms with Gasteiger partial charge in [-0.15, -0.1) is 24.0 Å². The fourth-order valence-corrected chi connectivity index (χ4v) is 2.93. The van der Waals surface area contributed by atoms with Crippen molar-refractivity contribution in [3.8, 4) is 0 Å². The molecule has 0 aliphatic heterocycles. The van der Waals surface area contributed by atoms with E-state index in [9.17, 15) is 4.79 Å². The van der Waals surface area contributed by atoms with Gasteiger partial charge in [-0.1, -0.05) is 43.6 Å². The van der Waals surface area contributed by atoms with E-state index in [4.69, 9.17) is 11.6 Å². The molecule has 2 N–H and O–H groups in total. The van der Waals surface area contributed by atoms with Crippen molar-refractivity contribution in [3.05, 3.63) is 34.9 Å².